The van der Waals surface area contributed by atoms with E-state index in [0.29, 0.717) is 5.56 Å². The molecule has 0 unspecified atom stereocenters. The smallest absolute Gasteiger partial charge is 0.446 e. The number of carboxylic acid groups (broad SMARTS) is 1. The highest BCUT2D eigenvalue weighted by Crippen LogP contribution is 2.50. The van der Waals surface area contributed by atoms with Crippen molar-refractivity contribution < 1.29 is 36.6 Å². The lowest BCUT2D eigenvalue weighted by Crippen LogP contribution is -2.71. The van der Waals surface area contributed by atoms with Crippen molar-refractivity contribution in [3.8, 4) is 5.75 Å². The highest BCUT2D eigenvalue weighted by molar-refractivity contribution is 8.01. The molecule has 29 heavy (non-hydrogen) atoms. The SMILES string of the molecule is CC1(C)S[C@@H]2[C@H](NC(=O)[C@H](N)c3ccc(OS(=O)(=O)O)cc3)C(=O)N2[C@H]1C(=O)O. The number of fused-ring (bicyclic) bond motifs is 1. The van der Waals surface area contributed by atoms with Crippen LogP contribution in [0.25, 0.3) is 0 Å². The van der Waals surface area contributed by atoms with Crippen LogP contribution in [0.4, 0.5) is 0 Å². The Labute approximate surface area is 170 Å². The first-order chi connectivity index (χ1) is 13.3. The lowest BCUT2D eigenvalue weighted by Gasteiger charge is -2.43. The molecule has 2 heterocycles. The van der Waals surface area contributed by atoms with Crippen LogP contribution in [0.15, 0.2) is 24.3 Å². The number of nitrogens with two attached hydrogens (primary N) is 1. The summed E-state index contributed by atoms with van der Waals surface area (Å²) in [5.41, 5.74) is 6.22. The maximum Gasteiger partial charge on any atom is 0.446 e. The first-order valence-electron chi connectivity index (χ1n) is 8.37. The first-order valence-corrected chi connectivity index (χ1v) is 10.6. The van der Waals surface area contributed by atoms with Gasteiger partial charge in [-0.3, -0.25) is 14.1 Å². The van der Waals surface area contributed by atoms with E-state index in [1.54, 1.807) is 13.8 Å². The van der Waals surface area contributed by atoms with Crippen molar-refractivity contribution in [2.75, 3.05) is 0 Å². The predicted octanol–water partition coefficient (Wildman–Crippen LogP) is -0.500. The van der Waals surface area contributed by atoms with Crippen molar-refractivity contribution in [3.63, 3.8) is 0 Å². The van der Waals surface area contributed by atoms with Gasteiger partial charge >= 0.3 is 16.4 Å². The average Bonchev–Trinajstić information content (AvgIpc) is 2.86. The molecule has 1 aromatic carbocycles. The third-order valence-corrected chi connectivity index (χ3v) is 6.67. The number of nitrogens with one attached hydrogen (secondary N) is 1. The number of carbonyl (C=O) groups excluding carboxylic acids is 2. The Morgan fingerprint density at radius 2 is 1.90 bits per heavy atom. The van der Waals surface area contributed by atoms with Crippen LogP contribution in [-0.2, 0) is 24.8 Å². The van der Waals surface area contributed by atoms with E-state index >= 15 is 0 Å². The fourth-order valence-electron chi connectivity index (χ4n) is 3.39. The van der Waals surface area contributed by atoms with Gasteiger partial charge in [0, 0.05) is 4.75 Å². The molecule has 0 aromatic heterocycles. The number of hydrogen-bond acceptors (Lipinski definition) is 8. The number of benzene rings is 1. The summed E-state index contributed by atoms with van der Waals surface area (Å²) in [6.45, 7) is 3.45. The molecule has 13 heteroatoms. The molecule has 5 N–H and O–H groups in total. The van der Waals surface area contributed by atoms with Crippen LogP contribution in [0.3, 0.4) is 0 Å². The Bertz CT molecular complexity index is 963. The molecule has 0 radical (unpaired) electrons. The van der Waals surface area contributed by atoms with E-state index in [2.05, 4.69) is 9.50 Å². The Balaban J connectivity index is 1.67. The molecular formula is C16H19N3O8S2. The molecule has 2 aliphatic heterocycles. The minimum Gasteiger partial charge on any atom is -0.480 e. The number of amides is 2. The van der Waals surface area contributed by atoms with Gasteiger partial charge < -0.3 is 25.2 Å². The fourth-order valence-corrected chi connectivity index (χ4v) is 5.37. The Morgan fingerprint density at radius 1 is 1.31 bits per heavy atom. The summed E-state index contributed by atoms with van der Waals surface area (Å²) in [6.07, 6.45) is 0. The van der Waals surface area contributed by atoms with Gasteiger partial charge in [0.1, 0.15) is 29.2 Å². The minimum absolute atomic E-state index is 0.169. The van der Waals surface area contributed by atoms with E-state index in [4.69, 9.17) is 10.3 Å². The predicted molar refractivity (Wildman–Crippen MR) is 101 cm³/mol. The number of thioether (sulfide) groups is 1. The number of carbonyl (C=O) groups is 3. The molecule has 0 aliphatic carbocycles. The van der Waals surface area contributed by atoms with Gasteiger partial charge in [-0.05, 0) is 31.5 Å². The van der Waals surface area contributed by atoms with Crippen molar-refractivity contribution in [3.05, 3.63) is 29.8 Å². The van der Waals surface area contributed by atoms with Crippen LogP contribution < -0.4 is 15.2 Å². The van der Waals surface area contributed by atoms with Crippen LogP contribution >= 0.6 is 11.8 Å². The molecule has 4 atom stereocenters. The second-order valence-electron chi connectivity index (χ2n) is 7.14. The van der Waals surface area contributed by atoms with E-state index in [-0.39, 0.29) is 5.75 Å². The Hall–Kier alpha value is -2.35. The summed E-state index contributed by atoms with van der Waals surface area (Å²) in [7, 11) is -4.67. The maximum atomic E-state index is 12.5. The fraction of sp³-hybridized carbons (Fsp3) is 0.438. The maximum absolute atomic E-state index is 12.5. The standard InChI is InChI=1S/C16H19N3O8S2/c1-16(2)11(15(22)23)19-13(21)10(14(19)28-16)18-12(20)9(17)7-3-5-8(6-4-7)27-29(24,25)26/h3-6,9-11,14H,17H2,1-2H3,(H,18,20)(H,22,23)(H,24,25,26)/t9-,10-,11+,14-/m1/s1. The van der Waals surface area contributed by atoms with Gasteiger partial charge in [-0.1, -0.05) is 12.1 Å². The van der Waals surface area contributed by atoms with E-state index in [1.165, 1.54) is 40.9 Å². The van der Waals surface area contributed by atoms with E-state index in [1.807, 2.05) is 0 Å². The van der Waals surface area contributed by atoms with Gasteiger partial charge in [-0.2, -0.15) is 8.42 Å². The monoisotopic (exact) mass is 445 g/mol. The third-order valence-electron chi connectivity index (χ3n) is 4.70. The quantitative estimate of drug-likeness (QED) is 0.330. The molecule has 2 amide bonds. The van der Waals surface area contributed by atoms with Gasteiger partial charge in [-0.25, -0.2) is 4.79 Å². The highest BCUT2D eigenvalue weighted by atomic mass is 32.3. The third kappa shape index (κ3) is 4.03. The van der Waals surface area contributed by atoms with Gasteiger partial charge in [0.15, 0.2) is 0 Å². The summed E-state index contributed by atoms with van der Waals surface area (Å²) in [4.78, 5) is 37.7. The van der Waals surface area contributed by atoms with Crippen LogP contribution in [0.1, 0.15) is 25.5 Å². The lowest BCUT2D eigenvalue weighted by atomic mass is 9.95. The molecule has 2 aliphatic rings. The van der Waals surface area contributed by atoms with Crippen molar-refractivity contribution in [1.29, 1.82) is 0 Å². The van der Waals surface area contributed by atoms with E-state index in [9.17, 15) is 27.9 Å². The van der Waals surface area contributed by atoms with Crippen molar-refractivity contribution in [1.82, 2.24) is 10.2 Å². The molecule has 1 aromatic rings. The van der Waals surface area contributed by atoms with Gasteiger partial charge in [-0.15, -0.1) is 11.8 Å². The molecule has 11 nitrogen and oxygen atoms in total. The van der Waals surface area contributed by atoms with E-state index < -0.39 is 56.4 Å². The van der Waals surface area contributed by atoms with Crippen LogP contribution in [0.5, 0.6) is 5.75 Å². The lowest BCUT2D eigenvalue weighted by molar-refractivity contribution is -0.161. The second kappa shape index (κ2) is 7.16. The molecule has 0 spiro atoms. The molecule has 0 saturated carbocycles. The second-order valence-corrected chi connectivity index (χ2v) is 9.94. The number of rotatable bonds is 6. The summed E-state index contributed by atoms with van der Waals surface area (Å²) >= 11 is 1.29. The summed E-state index contributed by atoms with van der Waals surface area (Å²) in [5.74, 6) is -2.41. The van der Waals surface area contributed by atoms with Gasteiger partial charge in [0.2, 0.25) is 11.8 Å². The van der Waals surface area contributed by atoms with Crippen molar-refractivity contribution in [2.24, 2.45) is 5.73 Å². The zero-order valence-electron chi connectivity index (χ0n) is 15.3. The molecule has 2 saturated heterocycles. The van der Waals surface area contributed by atoms with Crippen LogP contribution in [-0.4, -0.2) is 63.0 Å². The minimum atomic E-state index is -4.67. The Morgan fingerprint density at radius 3 is 2.41 bits per heavy atom. The van der Waals surface area contributed by atoms with Crippen molar-refractivity contribution >= 4 is 39.9 Å². The first kappa shape index (κ1) is 21.4. The van der Waals surface area contributed by atoms with Crippen LogP contribution in [0.2, 0.25) is 0 Å². The Kier molecular flexibility index (Phi) is 5.28. The zero-order chi connectivity index (χ0) is 21.7. The molecule has 2 fully saturated rings. The average molecular weight is 445 g/mol. The number of carboxylic acids is 1. The summed E-state index contributed by atoms with van der Waals surface area (Å²) in [5, 5.41) is 11.5. The van der Waals surface area contributed by atoms with Crippen LogP contribution in [0, 0.1) is 0 Å². The molecule has 0 bridgehead atoms. The van der Waals surface area contributed by atoms with E-state index in [0.717, 1.165) is 0 Å². The zero-order valence-corrected chi connectivity index (χ0v) is 16.9. The highest BCUT2D eigenvalue weighted by Gasteiger charge is 2.64. The normalized spacial score (nSPS) is 26.3. The summed E-state index contributed by atoms with van der Waals surface area (Å²) < 4.78 is 33.6. The topological polar surface area (TPSA) is 176 Å². The number of hydrogen-bond donors (Lipinski definition) is 4. The number of β-lactam (4-membered cyclic amide) rings is 1. The number of nitrogens with zero attached hydrogens (tertiary/aromatic N) is 1. The largest absolute Gasteiger partial charge is 0.480 e. The molecule has 3 rings (SSSR count). The van der Waals surface area contributed by atoms with Gasteiger partial charge in [0.25, 0.3) is 0 Å². The van der Waals surface area contributed by atoms with Crippen molar-refractivity contribution in [2.45, 2.75) is 42.1 Å². The molecule has 158 valence electrons. The summed E-state index contributed by atoms with van der Waals surface area (Å²) in [6, 6.07) is 2.07. The number of aliphatic carboxylic acids is 1. The molecular weight excluding hydrogens is 426 g/mol. The van der Waals surface area contributed by atoms with Gasteiger partial charge in [0.05, 0.1) is 0 Å².